The molecular formula is C13H15N5. The molecule has 0 amide bonds. The van der Waals surface area contributed by atoms with E-state index in [-0.39, 0.29) is 0 Å². The molecule has 5 nitrogen and oxygen atoms in total. The average molecular weight is 241 g/mol. The summed E-state index contributed by atoms with van der Waals surface area (Å²) in [6.45, 7) is 2.58. The fraction of sp³-hybridized carbons (Fsp3) is 0.231. The van der Waals surface area contributed by atoms with Crippen LogP contribution in [0.4, 0.5) is 0 Å². The van der Waals surface area contributed by atoms with E-state index in [1.54, 1.807) is 6.20 Å². The van der Waals surface area contributed by atoms with Crippen LogP contribution in [0.3, 0.4) is 0 Å². The summed E-state index contributed by atoms with van der Waals surface area (Å²) < 4.78 is 1.82. The minimum absolute atomic E-state index is 0.838. The Labute approximate surface area is 105 Å². The maximum Gasteiger partial charge on any atom is 0.0692 e. The second-order valence-corrected chi connectivity index (χ2v) is 4.24. The van der Waals surface area contributed by atoms with Crippen molar-refractivity contribution >= 4 is 10.9 Å². The first-order valence-corrected chi connectivity index (χ1v) is 6.03. The molecule has 0 bridgehead atoms. The monoisotopic (exact) mass is 241 g/mol. The topological polar surface area (TPSA) is 58.5 Å². The van der Waals surface area contributed by atoms with Crippen LogP contribution in [0, 0.1) is 0 Å². The molecule has 0 unspecified atom stereocenters. The summed E-state index contributed by atoms with van der Waals surface area (Å²) in [5.74, 6) is 0. The van der Waals surface area contributed by atoms with Gasteiger partial charge in [-0.1, -0.05) is 17.3 Å². The minimum atomic E-state index is 0.838. The van der Waals surface area contributed by atoms with E-state index in [9.17, 15) is 0 Å². The van der Waals surface area contributed by atoms with Gasteiger partial charge in [-0.05, 0) is 23.1 Å². The van der Waals surface area contributed by atoms with Gasteiger partial charge in [0, 0.05) is 31.0 Å². The second-order valence-electron chi connectivity index (χ2n) is 4.24. The first kappa shape index (κ1) is 11.0. The van der Waals surface area contributed by atoms with Gasteiger partial charge in [-0.25, -0.2) is 0 Å². The Hall–Kier alpha value is -2.14. The van der Waals surface area contributed by atoms with Crippen molar-refractivity contribution in [2.45, 2.75) is 13.1 Å². The van der Waals surface area contributed by atoms with Gasteiger partial charge in [0.25, 0.3) is 0 Å². The Kier molecular flexibility index (Phi) is 3.06. The van der Waals surface area contributed by atoms with Gasteiger partial charge in [-0.3, -0.25) is 4.68 Å². The largest absolute Gasteiger partial charge is 0.361 e. The number of aromatic nitrogens is 4. The first-order chi connectivity index (χ1) is 8.92. The highest BCUT2D eigenvalue weighted by Crippen LogP contribution is 2.13. The number of hydrogen-bond acceptors (Lipinski definition) is 3. The number of aromatic amines is 1. The fourth-order valence-electron chi connectivity index (χ4n) is 1.98. The number of hydrogen-bond donors (Lipinski definition) is 2. The summed E-state index contributed by atoms with van der Waals surface area (Å²) in [5, 5.41) is 12.3. The van der Waals surface area contributed by atoms with E-state index in [4.69, 9.17) is 0 Å². The maximum absolute atomic E-state index is 3.92. The van der Waals surface area contributed by atoms with Crippen molar-refractivity contribution in [3.63, 3.8) is 0 Å². The van der Waals surface area contributed by atoms with Crippen LogP contribution in [-0.2, 0) is 13.1 Å². The number of benzene rings is 1. The lowest BCUT2D eigenvalue weighted by atomic mass is 10.1. The number of nitrogens with one attached hydrogen (secondary N) is 2. The molecule has 2 heterocycles. The summed E-state index contributed by atoms with van der Waals surface area (Å²) in [7, 11) is 0. The molecule has 0 fully saturated rings. The Morgan fingerprint density at radius 2 is 2.28 bits per heavy atom. The van der Waals surface area contributed by atoms with Gasteiger partial charge in [0.15, 0.2) is 0 Å². The van der Waals surface area contributed by atoms with Gasteiger partial charge in [0.05, 0.1) is 12.7 Å². The summed E-state index contributed by atoms with van der Waals surface area (Å²) in [6.07, 6.45) is 5.53. The van der Waals surface area contributed by atoms with Gasteiger partial charge in [-0.15, -0.1) is 5.10 Å². The Morgan fingerprint density at radius 1 is 1.28 bits per heavy atom. The zero-order valence-corrected chi connectivity index (χ0v) is 10.0. The van der Waals surface area contributed by atoms with Crippen molar-refractivity contribution < 1.29 is 0 Å². The molecule has 0 aliphatic heterocycles. The van der Waals surface area contributed by atoms with E-state index in [1.807, 2.05) is 17.1 Å². The molecule has 92 valence electrons. The lowest BCUT2D eigenvalue weighted by Gasteiger charge is -2.05. The molecule has 0 radical (unpaired) electrons. The molecular weight excluding hydrogens is 226 g/mol. The molecule has 0 aliphatic carbocycles. The highest BCUT2D eigenvalue weighted by atomic mass is 15.4. The third-order valence-electron chi connectivity index (χ3n) is 2.94. The van der Waals surface area contributed by atoms with Crippen LogP contribution >= 0.6 is 0 Å². The number of rotatable bonds is 5. The SMILES string of the molecule is c1cn(CCNCc2ccc3cc[nH]c3c2)nn1. The van der Waals surface area contributed by atoms with Gasteiger partial charge in [0.2, 0.25) is 0 Å². The van der Waals surface area contributed by atoms with Crippen LogP contribution in [0.25, 0.3) is 10.9 Å². The molecule has 1 aromatic carbocycles. The van der Waals surface area contributed by atoms with Crippen molar-refractivity contribution in [1.82, 2.24) is 25.3 Å². The molecule has 0 atom stereocenters. The van der Waals surface area contributed by atoms with Crippen molar-refractivity contribution in [3.05, 3.63) is 48.4 Å². The summed E-state index contributed by atoms with van der Waals surface area (Å²) >= 11 is 0. The van der Waals surface area contributed by atoms with Gasteiger partial charge in [0.1, 0.15) is 0 Å². The standard InChI is InChI=1S/C13H15N5/c1-2-12-3-4-15-13(12)9-11(1)10-14-5-7-18-8-6-16-17-18/h1-4,6,8-9,14-15H,5,7,10H2. The lowest BCUT2D eigenvalue weighted by Crippen LogP contribution is -2.19. The number of H-pyrrole nitrogens is 1. The minimum Gasteiger partial charge on any atom is -0.361 e. The third-order valence-corrected chi connectivity index (χ3v) is 2.94. The molecule has 5 heteroatoms. The molecule has 3 aromatic rings. The average Bonchev–Trinajstić information content (AvgIpc) is 3.05. The van der Waals surface area contributed by atoms with Crippen LogP contribution in [0.15, 0.2) is 42.9 Å². The Morgan fingerprint density at radius 3 is 3.17 bits per heavy atom. The van der Waals surface area contributed by atoms with Crippen LogP contribution in [-0.4, -0.2) is 26.5 Å². The van der Waals surface area contributed by atoms with Crippen LogP contribution < -0.4 is 5.32 Å². The molecule has 0 aliphatic rings. The maximum atomic E-state index is 3.92. The van der Waals surface area contributed by atoms with E-state index >= 15 is 0 Å². The van der Waals surface area contributed by atoms with Crippen molar-refractivity contribution in [2.24, 2.45) is 0 Å². The molecule has 0 saturated heterocycles. The summed E-state index contributed by atoms with van der Waals surface area (Å²) in [5.41, 5.74) is 2.47. The van der Waals surface area contributed by atoms with E-state index < -0.39 is 0 Å². The zero-order chi connectivity index (χ0) is 12.2. The summed E-state index contributed by atoms with van der Waals surface area (Å²) in [6, 6.07) is 8.55. The van der Waals surface area contributed by atoms with E-state index in [1.165, 1.54) is 16.5 Å². The lowest BCUT2D eigenvalue weighted by molar-refractivity contribution is 0.540. The van der Waals surface area contributed by atoms with Crippen molar-refractivity contribution in [2.75, 3.05) is 6.54 Å². The highest BCUT2D eigenvalue weighted by molar-refractivity contribution is 5.79. The molecule has 0 saturated carbocycles. The smallest absolute Gasteiger partial charge is 0.0692 e. The fourth-order valence-corrected chi connectivity index (χ4v) is 1.98. The molecule has 2 aromatic heterocycles. The number of nitrogens with zero attached hydrogens (tertiary/aromatic N) is 3. The van der Waals surface area contributed by atoms with Crippen LogP contribution in [0.2, 0.25) is 0 Å². The second kappa shape index (κ2) is 5.01. The van der Waals surface area contributed by atoms with E-state index in [2.05, 4.69) is 44.9 Å². The van der Waals surface area contributed by atoms with Gasteiger partial charge >= 0.3 is 0 Å². The van der Waals surface area contributed by atoms with Gasteiger partial charge in [-0.2, -0.15) is 0 Å². The number of fused-ring (bicyclic) bond motifs is 1. The summed E-state index contributed by atoms with van der Waals surface area (Å²) in [4.78, 5) is 3.22. The van der Waals surface area contributed by atoms with Crippen molar-refractivity contribution in [1.29, 1.82) is 0 Å². The third kappa shape index (κ3) is 2.41. The van der Waals surface area contributed by atoms with Crippen LogP contribution in [0.5, 0.6) is 0 Å². The normalized spacial score (nSPS) is 11.1. The van der Waals surface area contributed by atoms with Crippen molar-refractivity contribution in [3.8, 4) is 0 Å². The Balaban J connectivity index is 1.53. The molecule has 3 rings (SSSR count). The molecule has 2 N–H and O–H groups in total. The van der Waals surface area contributed by atoms with Gasteiger partial charge < -0.3 is 10.3 Å². The Bertz CT molecular complexity index is 611. The zero-order valence-electron chi connectivity index (χ0n) is 10.0. The predicted octanol–water partition coefficient (Wildman–Crippen LogP) is 1.55. The predicted molar refractivity (Wildman–Crippen MR) is 70.0 cm³/mol. The van der Waals surface area contributed by atoms with E-state index in [0.717, 1.165) is 19.6 Å². The highest BCUT2D eigenvalue weighted by Gasteiger charge is 1.97. The van der Waals surface area contributed by atoms with E-state index in [0.29, 0.717) is 0 Å². The van der Waals surface area contributed by atoms with Crippen LogP contribution in [0.1, 0.15) is 5.56 Å². The first-order valence-electron chi connectivity index (χ1n) is 6.03. The molecule has 18 heavy (non-hydrogen) atoms. The quantitative estimate of drug-likeness (QED) is 0.666. The molecule has 0 spiro atoms.